The molecule has 0 radical (unpaired) electrons. The number of rotatable bonds is 3. The van der Waals surface area contributed by atoms with E-state index >= 15 is 0 Å². The fourth-order valence-electron chi connectivity index (χ4n) is 8.19. The van der Waals surface area contributed by atoms with Gasteiger partial charge in [0.15, 0.2) is 0 Å². The van der Waals surface area contributed by atoms with Crippen LogP contribution in [0.2, 0.25) is 0 Å². The van der Waals surface area contributed by atoms with Crippen molar-refractivity contribution < 1.29 is 19.8 Å². The van der Waals surface area contributed by atoms with E-state index in [1.54, 1.807) is 18.2 Å². The van der Waals surface area contributed by atoms with Crippen LogP contribution in [0.4, 0.5) is 0 Å². The Morgan fingerprint density at radius 2 is 1.10 bits per heavy atom. The molecule has 11 rings (SSSR count). The van der Waals surface area contributed by atoms with Gasteiger partial charge in [0, 0.05) is 27.6 Å². The van der Waals surface area contributed by atoms with Crippen LogP contribution in [0.3, 0.4) is 0 Å². The molecule has 1 aliphatic carbocycles. The van der Waals surface area contributed by atoms with Gasteiger partial charge in [0.25, 0.3) is 0 Å². The van der Waals surface area contributed by atoms with Crippen molar-refractivity contribution in [2.75, 3.05) is 0 Å². The maximum atomic E-state index is 10.2. The molecule has 1 aromatic heterocycles. The van der Waals surface area contributed by atoms with Crippen molar-refractivity contribution in [3.63, 3.8) is 0 Å². The summed E-state index contributed by atoms with van der Waals surface area (Å²) in [6.07, 6.45) is 0. The molecule has 0 fully saturated rings. The molecule has 2 aliphatic rings. The number of hydrogen-bond acceptors (Lipinski definition) is 1. The average molecular weight is 661 g/mol. The van der Waals surface area contributed by atoms with E-state index in [2.05, 4.69) is 4.57 Å². The minimum absolute atomic E-state index is 0.0123. The summed E-state index contributed by atoms with van der Waals surface area (Å²) < 4.78 is 111. The topological polar surface area (TPSA) is 14.2 Å². The normalized spacial score (nSPS) is 16.4. The quantitative estimate of drug-likeness (QED) is 0.184. The van der Waals surface area contributed by atoms with Crippen molar-refractivity contribution in [3.05, 3.63) is 210 Å². The van der Waals surface area contributed by atoms with E-state index in [9.17, 15) is 11.0 Å². The predicted octanol–water partition coefficient (Wildman–Crippen LogP) is 12.6. The molecule has 8 aromatic carbocycles. The lowest BCUT2D eigenvalue weighted by Crippen LogP contribution is -2.32. The van der Waals surface area contributed by atoms with Crippen LogP contribution in [0.25, 0.3) is 60.9 Å². The summed E-state index contributed by atoms with van der Waals surface area (Å²) in [6, 6.07) is 32.5. The lowest BCUT2D eigenvalue weighted by atomic mass is 9.66. The Bertz CT molecular complexity index is 3420. The van der Waals surface area contributed by atoms with Crippen molar-refractivity contribution in [1.82, 2.24) is 4.57 Å². The Hall–Kier alpha value is -6.64. The Morgan fingerprint density at radius 1 is 0.451 bits per heavy atom. The number of ether oxygens (including phenoxy) is 1. The predicted molar refractivity (Wildman–Crippen MR) is 209 cm³/mol. The van der Waals surface area contributed by atoms with Crippen LogP contribution in [0.5, 0.6) is 11.5 Å². The van der Waals surface area contributed by atoms with Crippen LogP contribution >= 0.6 is 0 Å². The van der Waals surface area contributed by atoms with Crippen molar-refractivity contribution in [3.8, 4) is 50.6 Å². The van der Waals surface area contributed by atoms with Gasteiger partial charge in [-0.1, -0.05) is 139 Å². The molecule has 9 aromatic rings. The van der Waals surface area contributed by atoms with Gasteiger partial charge in [0.05, 0.1) is 31.5 Å². The second-order valence-corrected chi connectivity index (χ2v) is 12.7. The van der Waals surface area contributed by atoms with E-state index in [4.69, 9.17) is 8.85 Å². The third kappa shape index (κ3) is 3.87. The first-order valence-corrected chi connectivity index (χ1v) is 16.7. The summed E-state index contributed by atoms with van der Waals surface area (Å²) in [5.74, 6) is -0.484. The molecule has 2 heterocycles. The Morgan fingerprint density at radius 3 is 1.94 bits per heavy atom. The smallest absolute Gasteiger partial charge is 0.132 e. The lowest BCUT2D eigenvalue weighted by molar-refractivity contribution is 0.436. The van der Waals surface area contributed by atoms with E-state index < -0.39 is 59.8 Å². The number of para-hydroxylation sites is 3. The first-order valence-electron chi connectivity index (χ1n) is 22.2. The first-order chi connectivity index (χ1) is 29.9. The number of nitrogens with zero attached hydrogens (tertiary/aromatic N) is 1. The molecule has 51 heavy (non-hydrogen) atoms. The molecule has 0 unspecified atom stereocenters. The summed E-state index contributed by atoms with van der Waals surface area (Å²) in [7, 11) is 0. The number of fused-ring (bicyclic) bond motifs is 12. The van der Waals surface area contributed by atoms with Crippen LogP contribution in [0.15, 0.2) is 188 Å². The Labute approximate surface area is 311 Å². The lowest BCUT2D eigenvalue weighted by Gasteiger charge is -2.39. The molecule has 238 valence electrons. The monoisotopic (exact) mass is 660 g/mol. The zero-order valence-electron chi connectivity index (χ0n) is 37.9. The maximum Gasteiger partial charge on any atom is 0.132 e. The summed E-state index contributed by atoms with van der Waals surface area (Å²) in [4.78, 5) is 0. The van der Waals surface area contributed by atoms with Gasteiger partial charge in [-0.25, -0.2) is 0 Å². The summed E-state index contributed by atoms with van der Waals surface area (Å²) in [5.41, 5.74) is 3.39. The van der Waals surface area contributed by atoms with Crippen molar-refractivity contribution in [2.45, 2.75) is 5.41 Å². The van der Waals surface area contributed by atoms with Crippen molar-refractivity contribution in [2.24, 2.45) is 0 Å². The van der Waals surface area contributed by atoms with Gasteiger partial charge in [-0.05, 0) is 92.9 Å². The average Bonchev–Trinajstić information content (AvgIpc) is 3.78. The van der Waals surface area contributed by atoms with Gasteiger partial charge in [-0.15, -0.1) is 0 Å². The fourth-order valence-corrected chi connectivity index (χ4v) is 8.19. The molecular weight excluding hydrogens is 619 g/mol. The summed E-state index contributed by atoms with van der Waals surface area (Å²) in [6.45, 7) is 0. The molecule has 0 saturated carbocycles. The van der Waals surface area contributed by atoms with E-state index in [1.807, 2.05) is 103 Å². The van der Waals surface area contributed by atoms with Crippen molar-refractivity contribution in [1.29, 1.82) is 0 Å². The molecule has 0 amide bonds. The molecule has 2 heteroatoms. The van der Waals surface area contributed by atoms with Gasteiger partial charge in [-0.2, -0.15) is 0 Å². The molecule has 2 nitrogen and oxygen atoms in total. The Kier molecular flexibility index (Phi) is 4.09. The third-order valence-electron chi connectivity index (χ3n) is 10.2. The molecule has 0 saturated heterocycles. The SMILES string of the molecule is [2H]c1c([2H])c([2H])c2c(c1[2H])Oc1c([2H])c([2H])c(-c3c([2H])c([2H])c([2H])c(-c4cccc5c4c4ccccc4n5-c4ccccc4)c3[2H])c([2H])c1C21c2ccccc2-c2ccccc21. The second kappa shape index (κ2) is 10.7. The zero-order chi connectivity index (χ0) is 43.1. The second-order valence-electron chi connectivity index (χ2n) is 12.7. The van der Waals surface area contributed by atoms with Crippen LogP contribution in [-0.2, 0) is 5.41 Å². The summed E-state index contributed by atoms with van der Waals surface area (Å²) >= 11 is 0. The van der Waals surface area contributed by atoms with E-state index in [1.165, 1.54) is 0 Å². The van der Waals surface area contributed by atoms with E-state index in [-0.39, 0.29) is 51.4 Å². The van der Waals surface area contributed by atoms with E-state index in [0.29, 0.717) is 22.1 Å². The van der Waals surface area contributed by atoms with Gasteiger partial charge in [0.1, 0.15) is 11.5 Å². The highest BCUT2D eigenvalue weighted by Gasteiger charge is 2.51. The minimum Gasteiger partial charge on any atom is -0.457 e. The zero-order valence-corrected chi connectivity index (χ0v) is 26.9. The highest BCUT2D eigenvalue weighted by molar-refractivity contribution is 6.15. The van der Waals surface area contributed by atoms with Crippen LogP contribution in [0, 0.1) is 0 Å². The largest absolute Gasteiger partial charge is 0.457 e. The van der Waals surface area contributed by atoms with Crippen molar-refractivity contribution >= 4 is 21.8 Å². The molecule has 1 spiro atoms. The fraction of sp³-hybridized carbons (Fsp3) is 0.0204. The molecule has 0 bridgehead atoms. The van der Waals surface area contributed by atoms with Gasteiger partial charge in [-0.3, -0.25) is 0 Å². The van der Waals surface area contributed by atoms with Gasteiger partial charge in [0.2, 0.25) is 0 Å². The van der Waals surface area contributed by atoms with Crippen LogP contribution < -0.4 is 4.74 Å². The minimum atomic E-state index is -1.68. The van der Waals surface area contributed by atoms with Gasteiger partial charge < -0.3 is 9.30 Å². The highest BCUT2D eigenvalue weighted by Crippen LogP contribution is 2.62. The maximum absolute atomic E-state index is 10.2. The van der Waals surface area contributed by atoms with Gasteiger partial charge >= 0.3 is 0 Å². The highest BCUT2D eigenvalue weighted by atomic mass is 16.5. The number of hydrogen-bond donors (Lipinski definition) is 0. The number of benzene rings is 8. The first kappa shape index (κ1) is 19.5. The van der Waals surface area contributed by atoms with Crippen LogP contribution in [-0.4, -0.2) is 4.57 Å². The number of aromatic nitrogens is 1. The molecule has 0 atom stereocenters. The molecule has 1 aliphatic heterocycles. The third-order valence-corrected chi connectivity index (χ3v) is 10.2. The van der Waals surface area contributed by atoms with E-state index in [0.717, 1.165) is 33.2 Å². The standard InChI is InChI=1S/C49H31NO/c1-2-16-35(17-3-1)50-44-25-10-6-20-39(44)48-36(21-13-26-45(48)50)34-15-12-14-32(30-34)33-28-29-47-43(31-33)49(42-24-9-11-27-46(42)51-47)40-22-7-4-18-37(40)38-19-5-8-23-41(38)49/h1-31H/i9D,11D,12D,14D,15D,24D,27D,28D,29D,30D,31D. The molecular formula is C49H31NO. The summed E-state index contributed by atoms with van der Waals surface area (Å²) in [5, 5.41) is 1.53. The van der Waals surface area contributed by atoms with Crippen LogP contribution in [0.1, 0.15) is 37.3 Å². The Balaban J connectivity index is 1.27. The molecule has 0 N–H and O–H groups in total.